The number of fused-ring (bicyclic) bond motifs is 1. The quantitative estimate of drug-likeness (QED) is 0.724. The van der Waals surface area contributed by atoms with Gasteiger partial charge in [0.25, 0.3) is 0 Å². The number of amides is 1. The molecular formula is C20H23F4N5O. The van der Waals surface area contributed by atoms with Gasteiger partial charge in [-0.1, -0.05) is 17.7 Å². The van der Waals surface area contributed by atoms with Crippen molar-refractivity contribution in [1.82, 2.24) is 25.6 Å². The van der Waals surface area contributed by atoms with E-state index in [4.69, 9.17) is 0 Å². The number of hydrogen-bond donors (Lipinski definition) is 2. The van der Waals surface area contributed by atoms with Crippen LogP contribution in [-0.4, -0.2) is 27.1 Å². The highest BCUT2D eigenvalue weighted by Crippen LogP contribution is 2.40. The van der Waals surface area contributed by atoms with Gasteiger partial charge in [0.2, 0.25) is 5.91 Å². The molecule has 2 N–H and O–H groups in total. The summed E-state index contributed by atoms with van der Waals surface area (Å²) in [4.78, 5) is 12.0. The third kappa shape index (κ3) is 3.57. The van der Waals surface area contributed by atoms with E-state index >= 15 is 0 Å². The number of nitrogens with one attached hydrogen (secondary N) is 2. The predicted octanol–water partition coefficient (Wildman–Crippen LogP) is 3.42. The molecule has 3 atom stereocenters. The Morgan fingerprint density at radius 3 is 2.70 bits per heavy atom. The highest BCUT2D eigenvalue weighted by molar-refractivity contribution is 5.77. The second-order valence-corrected chi connectivity index (χ2v) is 8.22. The number of rotatable bonds is 2. The molecule has 2 aliphatic rings. The maximum absolute atomic E-state index is 14.9. The molecule has 0 aliphatic carbocycles. The van der Waals surface area contributed by atoms with Crippen LogP contribution >= 0.6 is 0 Å². The highest BCUT2D eigenvalue weighted by atomic mass is 19.4. The molecule has 4 rings (SSSR count). The van der Waals surface area contributed by atoms with Crippen molar-refractivity contribution in [2.75, 3.05) is 0 Å². The van der Waals surface area contributed by atoms with Gasteiger partial charge in [0, 0.05) is 12.0 Å². The standard InChI is InChI=1S/C20H23F4N5O/c1-11-25-15(10-17(30)26-11)18-16-5-3-4-8-19(2,29(16)28-27-18)13-7-6-12(9-14(13)21)20(22,23)24/h6-7,9,11,15,25H,3-5,8,10H2,1-2H3,(H,26,30). The number of carbonyl (C=O) groups is 1. The Morgan fingerprint density at radius 1 is 1.27 bits per heavy atom. The molecule has 1 saturated heterocycles. The number of alkyl halides is 3. The molecule has 3 unspecified atom stereocenters. The van der Waals surface area contributed by atoms with Crippen molar-refractivity contribution in [1.29, 1.82) is 0 Å². The summed E-state index contributed by atoms with van der Waals surface area (Å²) in [5.41, 5.74) is -0.427. The van der Waals surface area contributed by atoms with Gasteiger partial charge in [-0.3, -0.25) is 10.1 Å². The van der Waals surface area contributed by atoms with Gasteiger partial charge < -0.3 is 5.32 Å². The first kappa shape index (κ1) is 20.8. The van der Waals surface area contributed by atoms with Crippen LogP contribution in [0.3, 0.4) is 0 Å². The number of benzene rings is 1. The Labute approximate surface area is 171 Å². The number of carbonyl (C=O) groups excluding carboxylic acids is 1. The van der Waals surface area contributed by atoms with Crippen LogP contribution in [0, 0.1) is 5.82 Å². The first-order valence-corrected chi connectivity index (χ1v) is 9.97. The molecule has 1 fully saturated rings. The molecule has 10 heteroatoms. The number of hydrogen-bond acceptors (Lipinski definition) is 4. The summed E-state index contributed by atoms with van der Waals surface area (Å²) in [5.74, 6) is -1.01. The van der Waals surface area contributed by atoms with Crippen LogP contribution in [0.2, 0.25) is 0 Å². The molecule has 6 nitrogen and oxygen atoms in total. The van der Waals surface area contributed by atoms with E-state index in [-0.39, 0.29) is 30.1 Å². The van der Waals surface area contributed by atoms with Crippen molar-refractivity contribution in [2.45, 2.75) is 69.9 Å². The van der Waals surface area contributed by atoms with Gasteiger partial charge in [0.05, 0.1) is 29.0 Å². The minimum atomic E-state index is -4.61. The van der Waals surface area contributed by atoms with Crippen LogP contribution < -0.4 is 10.6 Å². The van der Waals surface area contributed by atoms with E-state index in [1.54, 1.807) is 11.6 Å². The fourth-order valence-corrected chi connectivity index (χ4v) is 4.52. The highest BCUT2D eigenvalue weighted by Gasteiger charge is 2.40. The van der Waals surface area contributed by atoms with Crippen molar-refractivity contribution in [2.24, 2.45) is 0 Å². The lowest BCUT2D eigenvalue weighted by Crippen LogP contribution is -2.51. The first-order chi connectivity index (χ1) is 14.1. The minimum Gasteiger partial charge on any atom is -0.341 e. The Kier molecular flexibility index (Phi) is 5.08. The smallest absolute Gasteiger partial charge is 0.341 e. The van der Waals surface area contributed by atoms with E-state index in [0.717, 1.165) is 24.6 Å². The zero-order valence-corrected chi connectivity index (χ0v) is 16.7. The van der Waals surface area contributed by atoms with E-state index in [1.807, 2.05) is 6.92 Å². The van der Waals surface area contributed by atoms with Gasteiger partial charge in [-0.15, -0.1) is 5.10 Å². The van der Waals surface area contributed by atoms with E-state index in [2.05, 4.69) is 20.9 Å². The van der Waals surface area contributed by atoms with Gasteiger partial charge in [0.15, 0.2) is 0 Å². The molecule has 0 bridgehead atoms. The summed E-state index contributed by atoms with van der Waals surface area (Å²) in [6.45, 7) is 3.60. The summed E-state index contributed by atoms with van der Waals surface area (Å²) in [5, 5.41) is 14.7. The maximum atomic E-state index is 14.9. The first-order valence-electron chi connectivity index (χ1n) is 9.97. The third-order valence-corrected chi connectivity index (χ3v) is 6.01. The molecule has 1 amide bonds. The van der Waals surface area contributed by atoms with Crippen molar-refractivity contribution >= 4 is 5.91 Å². The zero-order chi connectivity index (χ0) is 21.7. The van der Waals surface area contributed by atoms with E-state index in [1.165, 1.54) is 6.07 Å². The Hall–Kier alpha value is -2.49. The van der Waals surface area contributed by atoms with Crippen LogP contribution in [0.1, 0.15) is 68.1 Å². The largest absolute Gasteiger partial charge is 0.416 e. The Bertz CT molecular complexity index is 973. The number of aromatic nitrogens is 3. The van der Waals surface area contributed by atoms with Crippen molar-refractivity contribution in [3.63, 3.8) is 0 Å². The van der Waals surface area contributed by atoms with Crippen LogP contribution in [0.5, 0.6) is 0 Å². The average molecular weight is 425 g/mol. The average Bonchev–Trinajstić information content (AvgIpc) is 3.01. The summed E-state index contributed by atoms with van der Waals surface area (Å²) < 4.78 is 55.5. The molecule has 2 aliphatic heterocycles. The SMILES string of the molecule is CC1NC(=O)CC(c2nnn3c2CCCCC3(C)c2ccc(C(F)(F)F)cc2F)N1. The van der Waals surface area contributed by atoms with Crippen molar-refractivity contribution < 1.29 is 22.4 Å². The normalized spacial score (nSPS) is 27.3. The fourth-order valence-electron chi connectivity index (χ4n) is 4.52. The maximum Gasteiger partial charge on any atom is 0.416 e. The molecule has 1 aromatic heterocycles. The van der Waals surface area contributed by atoms with Gasteiger partial charge >= 0.3 is 6.18 Å². The summed E-state index contributed by atoms with van der Waals surface area (Å²) in [6.07, 6.45) is -1.89. The summed E-state index contributed by atoms with van der Waals surface area (Å²) in [7, 11) is 0. The second kappa shape index (κ2) is 7.33. The topological polar surface area (TPSA) is 71.8 Å². The van der Waals surface area contributed by atoms with Crippen LogP contribution in [0.4, 0.5) is 17.6 Å². The second-order valence-electron chi connectivity index (χ2n) is 8.22. The number of nitrogens with zero attached hydrogens (tertiary/aromatic N) is 3. The monoisotopic (exact) mass is 425 g/mol. The molecule has 0 radical (unpaired) electrons. The fraction of sp³-hybridized carbons (Fsp3) is 0.550. The summed E-state index contributed by atoms with van der Waals surface area (Å²) >= 11 is 0. The van der Waals surface area contributed by atoms with E-state index < -0.39 is 23.1 Å². The van der Waals surface area contributed by atoms with E-state index in [0.29, 0.717) is 24.6 Å². The molecule has 1 aromatic carbocycles. The Balaban J connectivity index is 1.77. The number of halogens is 4. The minimum absolute atomic E-state index is 0.0989. The summed E-state index contributed by atoms with van der Waals surface area (Å²) in [6, 6.07) is 2.32. The van der Waals surface area contributed by atoms with Crippen molar-refractivity contribution in [3.05, 3.63) is 46.5 Å². The zero-order valence-electron chi connectivity index (χ0n) is 16.7. The molecule has 0 spiro atoms. The van der Waals surface area contributed by atoms with Gasteiger partial charge in [0.1, 0.15) is 11.5 Å². The molecule has 162 valence electrons. The lowest BCUT2D eigenvalue weighted by atomic mass is 9.86. The predicted molar refractivity (Wildman–Crippen MR) is 99.8 cm³/mol. The molecule has 30 heavy (non-hydrogen) atoms. The van der Waals surface area contributed by atoms with Crippen LogP contribution in [0.15, 0.2) is 18.2 Å². The lowest BCUT2D eigenvalue weighted by molar-refractivity contribution is -0.137. The van der Waals surface area contributed by atoms with Crippen LogP contribution in [-0.2, 0) is 22.9 Å². The molecule has 3 heterocycles. The van der Waals surface area contributed by atoms with Gasteiger partial charge in [-0.2, -0.15) is 13.2 Å². The Morgan fingerprint density at radius 2 is 2.03 bits per heavy atom. The molecule has 0 saturated carbocycles. The van der Waals surface area contributed by atoms with Gasteiger partial charge in [-0.05, 0) is 45.2 Å². The third-order valence-electron chi connectivity index (χ3n) is 6.01. The van der Waals surface area contributed by atoms with Gasteiger partial charge in [-0.25, -0.2) is 9.07 Å². The lowest BCUT2D eigenvalue weighted by Gasteiger charge is -2.32. The van der Waals surface area contributed by atoms with Crippen LogP contribution in [0.25, 0.3) is 0 Å². The molecule has 2 aromatic rings. The van der Waals surface area contributed by atoms with E-state index in [9.17, 15) is 22.4 Å². The van der Waals surface area contributed by atoms with Crippen molar-refractivity contribution in [3.8, 4) is 0 Å². The molecular weight excluding hydrogens is 402 g/mol.